The van der Waals surface area contributed by atoms with Crippen LogP contribution in [0, 0.1) is 0 Å². The second-order valence-electron chi connectivity index (χ2n) is 3.50. The van der Waals surface area contributed by atoms with Crippen LogP contribution in [-0.4, -0.2) is 25.3 Å². The zero-order valence-corrected chi connectivity index (χ0v) is 7.50. The second kappa shape index (κ2) is 2.70. The van der Waals surface area contributed by atoms with E-state index in [0.29, 0.717) is 5.56 Å². The largest absolute Gasteiger partial charge is 0.393 e. The molecular weight excluding hydrogens is 169 g/mol. The van der Waals surface area contributed by atoms with Gasteiger partial charge in [0.15, 0.2) is 5.67 Å². The summed E-state index contributed by atoms with van der Waals surface area (Å²) >= 11 is 0. The van der Waals surface area contributed by atoms with E-state index in [1.165, 1.54) is 0 Å². The van der Waals surface area contributed by atoms with Crippen LogP contribution >= 0.6 is 0 Å². The number of likely N-dealkylation sites (N-methyl/N-ethyl adjacent to an activating group) is 1. The lowest BCUT2D eigenvalue weighted by molar-refractivity contribution is 0.0841. The van der Waals surface area contributed by atoms with Gasteiger partial charge in [-0.05, 0) is 6.07 Å². The molecule has 0 aliphatic carbocycles. The summed E-state index contributed by atoms with van der Waals surface area (Å²) < 4.78 is 14.0. The standard InChI is InChI=1S/C10H12FNO/c1-12-6-10(11,7-13)8-4-2-3-5-9(8)12/h2-5,13H,6-7H2,1H3. The molecule has 0 saturated heterocycles. The minimum Gasteiger partial charge on any atom is -0.393 e. The Kier molecular flexibility index (Phi) is 1.77. The first-order valence-electron chi connectivity index (χ1n) is 4.28. The molecule has 1 heterocycles. The first kappa shape index (κ1) is 8.51. The number of fused-ring (bicyclic) bond motifs is 1. The van der Waals surface area contributed by atoms with Crippen LogP contribution < -0.4 is 4.90 Å². The number of para-hydroxylation sites is 1. The highest BCUT2D eigenvalue weighted by Gasteiger charge is 2.41. The number of hydrogen-bond donors (Lipinski definition) is 1. The van der Waals surface area contributed by atoms with Gasteiger partial charge in [-0.25, -0.2) is 4.39 Å². The highest BCUT2D eigenvalue weighted by atomic mass is 19.1. The van der Waals surface area contributed by atoms with E-state index in [1.54, 1.807) is 12.1 Å². The monoisotopic (exact) mass is 181 g/mol. The highest BCUT2D eigenvalue weighted by Crippen LogP contribution is 2.40. The van der Waals surface area contributed by atoms with Gasteiger partial charge in [0.25, 0.3) is 0 Å². The van der Waals surface area contributed by atoms with Crippen molar-refractivity contribution in [3.63, 3.8) is 0 Å². The lowest BCUT2D eigenvalue weighted by Crippen LogP contribution is -2.30. The van der Waals surface area contributed by atoms with Crippen molar-refractivity contribution in [1.82, 2.24) is 0 Å². The molecule has 70 valence electrons. The molecule has 3 heteroatoms. The molecule has 0 radical (unpaired) electrons. The topological polar surface area (TPSA) is 23.5 Å². The van der Waals surface area contributed by atoms with Gasteiger partial charge in [0, 0.05) is 18.3 Å². The molecule has 1 atom stereocenters. The predicted octanol–water partition coefficient (Wildman–Crippen LogP) is 1.29. The molecule has 2 rings (SSSR count). The Hall–Kier alpha value is -1.09. The number of nitrogens with zero attached hydrogens (tertiary/aromatic N) is 1. The van der Waals surface area contributed by atoms with Crippen LogP contribution in [0.4, 0.5) is 10.1 Å². The number of benzene rings is 1. The van der Waals surface area contributed by atoms with E-state index in [2.05, 4.69) is 0 Å². The molecule has 1 aliphatic heterocycles. The molecular formula is C10H12FNO. The van der Waals surface area contributed by atoms with Gasteiger partial charge in [0.05, 0.1) is 13.2 Å². The van der Waals surface area contributed by atoms with Crippen LogP contribution in [-0.2, 0) is 5.67 Å². The lowest BCUT2D eigenvalue weighted by Gasteiger charge is -2.17. The first-order valence-corrected chi connectivity index (χ1v) is 4.28. The van der Waals surface area contributed by atoms with Crippen LogP contribution in [0.5, 0.6) is 0 Å². The van der Waals surface area contributed by atoms with Crippen molar-refractivity contribution in [2.24, 2.45) is 0 Å². The molecule has 0 bridgehead atoms. The summed E-state index contributed by atoms with van der Waals surface area (Å²) in [5, 5.41) is 8.99. The van der Waals surface area contributed by atoms with E-state index in [-0.39, 0.29) is 6.54 Å². The maximum atomic E-state index is 14.0. The van der Waals surface area contributed by atoms with E-state index >= 15 is 0 Å². The summed E-state index contributed by atoms with van der Waals surface area (Å²) in [6.45, 7) is -0.211. The fourth-order valence-corrected chi connectivity index (χ4v) is 1.87. The van der Waals surface area contributed by atoms with E-state index < -0.39 is 12.3 Å². The van der Waals surface area contributed by atoms with Gasteiger partial charge in [-0.3, -0.25) is 0 Å². The van der Waals surface area contributed by atoms with Gasteiger partial charge >= 0.3 is 0 Å². The first-order chi connectivity index (χ1) is 6.17. The van der Waals surface area contributed by atoms with Crippen molar-refractivity contribution in [2.45, 2.75) is 5.67 Å². The van der Waals surface area contributed by atoms with E-state index in [1.807, 2.05) is 24.1 Å². The van der Waals surface area contributed by atoms with Crippen LogP contribution in [0.15, 0.2) is 24.3 Å². The van der Waals surface area contributed by atoms with Crippen molar-refractivity contribution in [1.29, 1.82) is 0 Å². The van der Waals surface area contributed by atoms with Gasteiger partial charge in [-0.15, -0.1) is 0 Å². The quantitative estimate of drug-likeness (QED) is 0.705. The van der Waals surface area contributed by atoms with Crippen LogP contribution in [0.2, 0.25) is 0 Å². The van der Waals surface area contributed by atoms with Gasteiger partial charge in [0.1, 0.15) is 0 Å². The molecule has 0 spiro atoms. The number of anilines is 1. The predicted molar refractivity (Wildman–Crippen MR) is 49.6 cm³/mol. The molecule has 13 heavy (non-hydrogen) atoms. The summed E-state index contributed by atoms with van der Waals surface area (Å²) in [6.07, 6.45) is 0. The molecule has 1 aliphatic rings. The molecule has 0 aromatic heterocycles. The number of hydrogen-bond acceptors (Lipinski definition) is 2. The molecule has 2 nitrogen and oxygen atoms in total. The molecule has 1 unspecified atom stereocenters. The molecule has 0 fully saturated rings. The summed E-state index contributed by atoms with van der Waals surface area (Å²) in [5.41, 5.74) is -0.107. The van der Waals surface area contributed by atoms with Gasteiger partial charge in [-0.2, -0.15) is 0 Å². The Balaban J connectivity index is 2.53. The molecule has 1 aromatic carbocycles. The van der Waals surface area contributed by atoms with Crippen LogP contribution in [0.25, 0.3) is 0 Å². The third-order valence-electron chi connectivity index (χ3n) is 2.54. The second-order valence-corrected chi connectivity index (χ2v) is 3.50. The van der Waals surface area contributed by atoms with Crippen LogP contribution in [0.3, 0.4) is 0 Å². The average molecular weight is 181 g/mol. The average Bonchev–Trinajstić information content (AvgIpc) is 2.42. The van der Waals surface area contributed by atoms with E-state index in [4.69, 9.17) is 5.11 Å². The van der Waals surface area contributed by atoms with Crippen molar-refractivity contribution < 1.29 is 9.50 Å². The van der Waals surface area contributed by atoms with Crippen LogP contribution in [0.1, 0.15) is 5.56 Å². The molecule has 1 N–H and O–H groups in total. The van der Waals surface area contributed by atoms with Crippen molar-refractivity contribution >= 4 is 5.69 Å². The maximum absolute atomic E-state index is 14.0. The number of aliphatic hydroxyl groups excluding tert-OH is 1. The Bertz CT molecular complexity index is 328. The maximum Gasteiger partial charge on any atom is 0.178 e. The van der Waals surface area contributed by atoms with E-state index in [9.17, 15) is 4.39 Å². The number of rotatable bonds is 1. The highest BCUT2D eigenvalue weighted by molar-refractivity contribution is 5.60. The van der Waals surface area contributed by atoms with Gasteiger partial charge in [0.2, 0.25) is 0 Å². The number of aliphatic hydroxyl groups is 1. The lowest BCUT2D eigenvalue weighted by atomic mass is 9.99. The third kappa shape index (κ3) is 1.11. The molecule has 0 amide bonds. The number of halogens is 1. The van der Waals surface area contributed by atoms with Crippen molar-refractivity contribution in [3.05, 3.63) is 29.8 Å². The Morgan fingerprint density at radius 1 is 1.54 bits per heavy atom. The Morgan fingerprint density at radius 2 is 2.23 bits per heavy atom. The smallest absolute Gasteiger partial charge is 0.178 e. The molecule has 1 aromatic rings. The minimum atomic E-state index is -1.58. The van der Waals surface area contributed by atoms with Gasteiger partial charge in [-0.1, -0.05) is 18.2 Å². The van der Waals surface area contributed by atoms with Crippen molar-refractivity contribution in [3.8, 4) is 0 Å². The van der Waals surface area contributed by atoms with E-state index in [0.717, 1.165) is 5.69 Å². The normalized spacial score (nSPS) is 26.2. The minimum absolute atomic E-state index is 0.239. The third-order valence-corrected chi connectivity index (χ3v) is 2.54. The zero-order chi connectivity index (χ0) is 9.47. The van der Waals surface area contributed by atoms with Gasteiger partial charge < -0.3 is 10.0 Å². The molecule has 0 saturated carbocycles. The summed E-state index contributed by atoms with van der Waals surface area (Å²) in [4.78, 5) is 1.82. The fourth-order valence-electron chi connectivity index (χ4n) is 1.87. The fraction of sp³-hybridized carbons (Fsp3) is 0.400. The van der Waals surface area contributed by atoms with Crippen molar-refractivity contribution in [2.75, 3.05) is 25.1 Å². The summed E-state index contributed by atoms with van der Waals surface area (Å²) in [7, 11) is 1.83. The Labute approximate surface area is 76.6 Å². The zero-order valence-electron chi connectivity index (χ0n) is 7.50. The SMILES string of the molecule is CN1CC(F)(CO)c2ccccc21. The summed E-state index contributed by atoms with van der Waals surface area (Å²) in [6, 6.07) is 7.27. The Morgan fingerprint density at radius 3 is 2.92 bits per heavy atom. The number of alkyl halides is 1. The summed E-state index contributed by atoms with van der Waals surface area (Å²) in [5.74, 6) is 0.